The summed E-state index contributed by atoms with van der Waals surface area (Å²) < 4.78 is 0. The number of hydrogen-bond acceptors (Lipinski definition) is 3. The molecular formula is C12H10O2S. The Morgan fingerprint density at radius 3 is 2.53 bits per heavy atom. The topological polar surface area (TPSA) is 37.3 Å². The Morgan fingerprint density at radius 2 is 1.93 bits per heavy atom. The first kappa shape index (κ1) is 9.93. The minimum Gasteiger partial charge on any atom is -0.507 e. The number of hydrogen-bond donors (Lipinski definition) is 1. The highest BCUT2D eigenvalue weighted by Crippen LogP contribution is 2.34. The van der Waals surface area contributed by atoms with Crippen LogP contribution in [-0.4, -0.2) is 10.9 Å². The molecule has 15 heavy (non-hydrogen) atoms. The molecule has 0 amide bonds. The molecule has 2 rings (SSSR count). The van der Waals surface area contributed by atoms with Crippen LogP contribution in [0.2, 0.25) is 0 Å². The first-order valence-corrected chi connectivity index (χ1v) is 5.39. The molecule has 1 heterocycles. The monoisotopic (exact) mass is 218 g/mol. The summed E-state index contributed by atoms with van der Waals surface area (Å²) >= 11 is 1.40. The highest BCUT2D eigenvalue weighted by molar-refractivity contribution is 7.17. The van der Waals surface area contributed by atoms with Crippen molar-refractivity contribution in [3.63, 3.8) is 0 Å². The van der Waals surface area contributed by atoms with Gasteiger partial charge < -0.3 is 5.11 Å². The molecule has 2 nitrogen and oxygen atoms in total. The second kappa shape index (κ2) is 3.87. The quantitative estimate of drug-likeness (QED) is 0.785. The van der Waals surface area contributed by atoms with Gasteiger partial charge in [-0.3, -0.25) is 4.79 Å². The normalized spacial score (nSPS) is 10.2. The summed E-state index contributed by atoms with van der Waals surface area (Å²) in [4.78, 5) is 12.8. The van der Waals surface area contributed by atoms with E-state index < -0.39 is 0 Å². The first-order valence-electron chi connectivity index (χ1n) is 4.57. The fourth-order valence-electron chi connectivity index (χ4n) is 1.35. The van der Waals surface area contributed by atoms with Gasteiger partial charge in [-0.25, -0.2) is 0 Å². The van der Waals surface area contributed by atoms with E-state index in [1.807, 2.05) is 18.2 Å². The van der Waals surface area contributed by atoms with Crippen LogP contribution in [0.4, 0.5) is 0 Å². The molecule has 0 fully saturated rings. The molecule has 76 valence electrons. The van der Waals surface area contributed by atoms with Gasteiger partial charge in [0.25, 0.3) is 0 Å². The van der Waals surface area contributed by atoms with E-state index in [0.717, 1.165) is 10.4 Å². The van der Waals surface area contributed by atoms with Gasteiger partial charge >= 0.3 is 0 Å². The molecule has 2 aromatic rings. The third-order valence-corrected chi connectivity index (χ3v) is 3.34. The maximum absolute atomic E-state index is 11.1. The molecule has 0 unspecified atom stereocenters. The molecule has 0 aliphatic heterocycles. The van der Waals surface area contributed by atoms with Crippen LogP contribution in [0.5, 0.6) is 5.75 Å². The van der Waals surface area contributed by atoms with Crippen molar-refractivity contribution in [3.8, 4) is 16.2 Å². The highest BCUT2D eigenvalue weighted by Gasteiger charge is 2.08. The minimum atomic E-state index is 0.0571. The molecule has 1 aromatic carbocycles. The summed E-state index contributed by atoms with van der Waals surface area (Å²) in [5.74, 6) is 0.302. The lowest BCUT2D eigenvalue weighted by atomic mass is 10.1. The zero-order chi connectivity index (χ0) is 10.8. The van der Waals surface area contributed by atoms with Crippen LogP contribution in [0.1, 0.15) is 16.6 Å². The van der Waals surface area contributed by atoms with E-state index in [1.54, 1.807) is 25.1 Å². The van der Waals surface area contributed by atoms with E-state index >= 15 is 0 Å². The van der Waals surface area contributed by atoms with Crippen molar-refractivity contribution in [2.24, 2.45) is 0 Å². The SMILES string of the molecule is CC(=O)c1ccc(-c2ccccc2O)s1. The van der Waals surface area contributed by atoms with Crippen LogP contribution >= 0.6 is 11.3 Å². The van der Waals surface area contributed by atoms with Crippen molar-refractivity contribution in [2.45, 2.75) is 6.92 Å². The number of aromatic hydroxyl groups is 1. The average molecular weight is 218 g/mol. The molecule has 0 aliphatic carbocycles. The number of benzene rings is 1. The maximum Gasteiger partial charge on any atom is 0.169 e. The van der Waals surface area contributed by atoms with Gasteiger partial charge in [0, 0.05) is 10.4 Å². The van der Waals surface area contributed by atoms with Crippen LogP contribution in [0.15, 0.2) is 36.4 Å². The van der Waals surface area contributed by atoms with Gasteiger partial charge in [-0.1, -0.05) is 12.1 Å². The fourth-order valence-corrected chi connectivity index (χ4v) is 2.29. The number of carbonyl (C=O) groups excluding carboxylic acids is 1. The fraction of sp³-hybridized carbons (Fsp3) is 0.0833. The first-order chi connectivity index (χ1) is 7.18. The second-order valence-electron chi connectivity index (χ2n) is 3.24. The molecule has 1 N–H and O–H groups in total. The standard InChI is InChI=1S/C12H10O2S/c1-8(13)11-6-7-12(15-11)9-4-2-3-5-10(9)14/h2-7,14H,1H3. The van der Waals surface area contributed by atoms with Gasteiger partial charge in [-0.2, -0.15) is 0 Å². The van der Waals surface area contributed by atoms with Crippen LogP contribution in [0.25, 0.3) is 10.4 Å². The Hall–Kier alpha value is -1.61. The zero-order valence-electron chi connectivity index (χ0n) is 8.23. The molecule has 0 atom stereocenters. The average Bonchev–Trinajstić information content (AvgIpc) is 2.67. The Kier molecular flexibility index (Phi) is 2.56. The molecule has 0 saturated heterocycles. The van der Waals surface area contributed by atoms with Crippen molar-refractivity contribution in [1.29, 1.82) is 0 Å². The molecule has 3 heteroatoms. The third kappa shape index (κ3) is 1.92. The van der Waals surface area contributed by atoms with E-state index in [-0.39, 0.29) is 11.5 Å². The zero-order valence-corrected chi connectivity index (χ0v) is 9.04. The van der Waals surface area contributed by atoms with Gasteiger partial charge in [0.2, 0.25) is 0 Å². The van der Waals surface area contributed by atoms with E-state index in [4.69, 9.17) is 0 Å². The molecule has 0 radical (unpaired) electrons. The molecule has 1 aromatic heterocycles. The maximum atomic E-state index is 11.1. The van der Waals surface area contributed by atoms with Gasteiger partial charge in [-0.15, -0.1) is 11.3 Å². The Morgan fingerprint density at radius 1 is 1.20 bits per heavy atom. The Labute approximate surface area is 91.8 Å². The van der Waals surface area contributed by atoms with Crippen LogP contribution in [0.3, 0.4) is 0 Å². The lowest BCUT2D eigenvalue weighted by molar-refractivity contribution is 0.102. The molecule has 0 saturated carbocycles. The summed E-state index contributed by atoms with van der Waals surface area (Å²) in [5, 5.41) is 9.63. The number of Topliss-reactive ketones (excluding diaryl/α,β-unsaturated/α-hetero) is 1. The van der Waals surface area contributed by atoms with Gasteiger partial charge in [0.15, 0.2) is 5.78 Å². The van der Waals surface area contributed by atoms with Gasteiger partial charge in [0.05, 0.1) is 4.88 Å². The third-order valence-electron chi connectivity index (χ3n) is 2.12. The number of ketones is 1. The predicted octanol–water partition coefficient (Wildman–Crippen LogP) is 3.32. The summed E-state index contributed by atoms with van der Waals surface area (Å²) in [7, 11) is 0. The Bertz CT molecular complexity index is 500. The summed E-state index contributed by atoms with van der Waals surface area (Å²) in [6, 6.07) is 10.8. The molecule has 0 bridgehead atoms. The van der Waals surface area contributed by atoms with Crippen molar-refractivity contribution >= 4 is 17.1 Å². The molecule has 0 aliphatic rings. The molecule has 0 spiro atoms. The van der Waals surface area contributed by atoms with Gasteiger partial charge in [-0.05, 0) is 31.2 Å². The van der Waals surface area contributed by atoms with Gasteiger partial charge in [0.1, 0.15) is 5.75 Å². The van der Waals surface area contributed by atoms with E-state index in [1.165, 1.54) is 11.3 Å². The number of rotatable bonds is 2. The second-order valence-corrected chi connectivity index (χ2v) is 4.32. The smallest absolute Gasteiger partial charge is 0.169 e. The van der Waals surface area contributed by atoms with Crippen LogP contribution < -0.4 is 0 Å². The summed E-state index contributed by atoms with van der Waals surface area (Å²) in [5.41, 5.74) is 0.773. The van der Waals surface area contributed by atoms with Crippen molar-refractivity contribution in [1.82, 2.24) is 0 Å². The van der Waals surface area contributed by atoms with E-state index in [2.05, 4.69) is 0 Å². The van der Waals surface area contributed by atoms with E-state index in [9.17, 15) is 9.90 Å². The summed E-state index contributed by atoms with van der Waals surface area (Å²) in [6.45, 7) is 1.54. The highest BCUT2D eigenvalue weighted by atomic mass is 32.1. The van der Waals surface area contributed by atoms with E-state index in [0.29, 0.717) is 4.88 Å². The number of para-hydroxylation sites is 1. The minimum absolute atomic E-state index is 0.0571. The summed E-state index contributed by atoms with van der Waals surface area (Å²) in [6.07, 6.45) is 0. The van der Waals surface area contributed by atoms with Crippen LogP contribution in [0, 0.1) is 0 Å². The van der Waals surface area contributed by atoms with Crippen molar-refractivity contribution < 1.29 is 9.90 Å². The Balaban J connectivity index is 2.46. The number of phenols is 1. The number of thiophene rings is 1. The lowest BCUT2D eigenvalue weighted by Gasteiger charge is -1.99. The van der Waals surface area contributed by atoms with Crippen molar-refractivity contribution in [2.75, 3.05) is 0 Å². The number of carbonyl (C=O) groups is 1. The number of phenolic OH excluding ortho intramolecular Hbond substituents is 1. The van der Waals surface area contributed by atoms with Crippen LogP contribution in [-0.2, 0) is 0 Å². The lowest BCUT2D eigenvalue weighted by Crippen LogP contribution is -1.83. The largest absolute Gasteiger partial charge is 0.507 e. The van der Waals surface area contributed by atoms with Crippen molar-refractivity contribution in [3.05, 3.63) is 41.3 Å². The predicted molar refractivity (Wildman–Crippen MR) is 61.4 cm³/mol. The molecular weight excluding hydrogens is 208 g/mol.